The highest BCUT2D eigenvalue weighted by molar-refractivity contribution is 6.02. The van der Waals surface area contributed by atoms with Crippen molar-refractivity contribution in [1.29, 1.82) is 0 Å². The number of Topliss-reactive ketones (excluding diaryl/α,β-unsaturated/α-hetero) is 3. The Hall–Kier alpha value is -12.9. The molecule has 1 saturated heterocycles. The van der Waals surface area contributed by atoms with Crippen LogP contribution in [0.25, 0.3) is 0 Å². The van der Waals surface area contributed by atoms with Crippen molar-refractivity contribution in [2.45, 2.75) is 343 Å². The molecule has 7 unspecified atom stereocenters. The van der Waals surface area contributed by atoms with Crippen LogP contribution >= 0.6 is 0 Å². The summed E-state index contributed by atoms with van der Waals surface area (Å²) < 4.78 is 0. The Labute approximate surface area is 845 Å². The van der Waals surface area contributed by atoms with E-state index in [1.807, 2.05) is 0 Å². The van der Waals surface area contributed by atoms with Gasteiger partial charge in [0.25, 0.3) is 0 Å². The monoisotopic (exact) mass is 2060 g/mol. The van der Waals surface area contributed by atoms with Gasteiger partial charge in [-0.15, -0.1) is 0 Å². The molecule has 0 bridgehead atoms. The fourth-order valence-electron chi connectivity index (χ4n) is 16.5. The Morgan fingerprint density at radius 2 is 0.717 bits per heavy atom. The summed E-state index contributed by atoms with van der Waals surface area (Å²) in [6.07, 6.45) is -14.0. The third-order valence-corrected chi connectivity index (χ3v) is 25.1. The lowest BCUT2D eigenvalue weighted by Gasteiger charge is -2.41. The molecule has 0 spiro atoms. The van der Waals surface area contributed by atoms with Crippen molar-refractivity contribution in [2.24, 2.45) is 53.3 Å². The van der Waals surface area contributed by atoms with Crippen LogP contribution in [0, 0.1) is 53.3 Å². The molecular formula is C97H157N15O33. The standard InChI is InChI=1S/C97H157N15O33/c1-24-60-93(141)106(17)48-73(117)107(18)65(42-49(2)3)90(138)105-81(53(10)11)96(144)108(19)66(43-50(4)5)89(137)98-56(15)85(133)99-57(16)92(140)109(20)67(44-51(6)7)94(142)110(21)68(45-52(8)9)95(143)111(22)82(54(12)13)97(145)112(23)83(91(139)101-60)84(132)55(14)26-25-27-72(116)100-64(33-40-79(128)129)88(136)104-63(32-39-78(126)127)71(115)47-59(29-36-75(120)121)87(135)103-62(31-38-77(124)125)70(114)46-58(28-35-74(118)119)86(134)102-61(30-37-76(122)123)69(113)34-41-80(130)131/h25,27,49-68,81-84,132H,24,26,28-48H2,1-23H3,(H,98,137)(H,99,133)(H,100,116)(H,101,139)(H,102,134)(H,103,135)(H,104,136)(H,105,138)(H,118,119)(H,120,121)(H,122,123)(H,124,125)(H,126,127)(H,128,129)(H,130,131)/b27-25-/t55-,56+,57+,58?,59?,60+,61?,62?,63?,64?,65+,66+,67+,68+,81+,82+,83?,84-/m1/s1. The highest BCUT2D eigenvalue weighted by Gasteiger charge is 2.47. The Morgan fingerprint density at radius 3 is 1.12 bits per heavy atom. The number of aliphatic carboxylic acids is 7. The Kier molecular flexibility index (Phi) is 56.2. The number of hydrogen-bond donors (Lipinski definition) is 16. The first-order valence-electron chi connectivity index (χ1n) is 48.9. The molecule has 818 valence electrons. The largest absolute Gasteiger partial charge is 0.481 e. The lowest BCUT2D eigenvalue weighted by atomic mass is 9.89. The summed E-state index contributed by atoms with van der Waals surface area (Å²) in [6.45, 7) is 25.4. The smallest absolute Gasteiger partial charge is 0.303 e. The van der Waals surface area contributed by atoms with E-state index in [-0.39, 0.29) is 55.8 Å². The summed E-state index contributed by atoms with van der Waals surface area (Å²) in [5.41, 5.74) is 0. The molecule has 1 aliphatic rings. The zero-order chi connectivity index (χ0) is 112. The molecule has 18 atom stereocenters. The van der Waals surface area contributed by atoms with Gasteiger partial charge in [0.1, 0.15) is 66.5 Å². The summed E-state index contributed by atoms with van der Waals surface area (Å²) in [5, 5.41) is 99.7. The molecular weight excluding hydrogens is 1900 g/mol. The van der Waals surface area contributed by atoms with Gasteiger partial charge >= 0.3 is 41.8 Å². The van der Waals surface area contributed by atoms with Crippen molar-refractivity contribution in [3.05, 3.63) is 12.2 Å². The van der Waals surface area contributed by atoms with Gasteiger partial charge in [-0.05, 0) is 138 Å². The number of amides is 15. The van der Waals surface area contributed by atoms with Crippen LogP contribution in [0.5, 0.6) is 0 Å². The number of aliphatic hydroxyl groups excluding tert-OH is 1. The number of allylic oxidation sites excluding steroid dienone is 1. The van der Waals surface area contributed by atoms with Crippen LogP contribution in [-0.4, -0.2) is 369 Å². The van der Waals surface area contributed by atoms with Crippen LogP contribution in [0.3, 0.4) is 0 Å². The highest BCUT2D eigenvalue weighted by atomic mass is 16.4. The lowest BCUT2D eigenvalue weighted by molar-refractivity contribution is -0.157. The minimum Gasteiger partial charge on any atom is -0.481 e. The molecule has 0 aromatic carbocycles. The average Bonchev–Trinajstić information content (AvgIpc) is 0.811. The zero-order valence-electron chi connectivity index (χ0n) is 87.7. The van der Waals surface area contributed by atoms with Gasteiger partial charge in [0.15, 0.2) is 17.3 Å². The van der Waals surface area contributed by atoms with Gasteiger partial charge in [-0.1, -0.05) is 103 Å². The SMILES string of the molecule is CC[C@@H]1NC(=O)C([C@H](O)[C@H](C)C/C=C\C(=O)NC(CCC(=O)O)C(=O)NC(CCC(=O)O)C(=O)CC(CCC(=O)O)C(=O)NC(CCC(=O)O)C(=O)CC(CCC(=O)O)C(=O)NC(CCC(=O)O)C(=O)CCC(=O)O)N(C)C(=O)[C@H](C(C)C)N(C)C(=O)[C@H](CC(C)C)N(C)C(=O)[C@H](CC(C)C)N(C)C(=O)[C@H](C)NC(=O)[C@H](C)NC(=O)[C@H](CC(C)C)N(C)C(=O)[C@H](C(C)C)NC(=O)[C@H](CC(C)C)N(C)C(=O)CN(C)C1=O. The van der Waals surface area contributed by atoms with E-state index in [2.05, 4.69) is 42.5 Å². The van der Waals surface area contributed by atoms with Gasteiger partial charge in [-0.25, -0.2) is 0 Å². The van der Waals surface area contributed by atoms with Crippen LogP contribution in [0.2, 0.25) is 0 Å². The van der Waals surface area contributed by atoms with Gasteiger partial charge in [0.05, 0.1) is 37.2 Å². The summed E-state index contributed by atoms with van der Waals surface area (Å²) in [4.78, 5) is 353. The van der Waals surface area contributed by atoms with Crippen molar-refractivity contribution in [1.82, 2.24) is 76.8 Å². The lowest BCUT2D eigenvalue weighted by Crippen LogP contribution is -2.63. The molecule has 1 heterocycles. The quantitative estimate of drug-likeness (QED) is 0.0377. The molecule has 0 aromatic heterocycles. The van der Waals surface area contributed by atoms with Gasteiger partial charge in [-0.3, -0.25) is 120 Å². The number of carboxylic acids is 7. The predicted octanol–water partition coefficient (Wildman–Crippen LogP) is 0.962. The maximum absolute atomic E-state index is 15.7. The molecule has 0 aliphatic carbocycles. The van der Waals surface area contributed by atoms with Crippen LogP contribution in [0.4, 0.5) is 0 Å². The second-order valence-corrected chi connectivity index (χ2v) is 39.9. The summed E-state index contributed by atoms with van der Waals surface area (Å²) in [6, 6.07) is -22.1. The van der Waals surface area contributed by atoms with E-state index < -0.39 is 384 Å². The van der Waals surface area contributed by atoms with Gasteiger partial charge in [0, 0.05) is 119 Å². The molecule has 0 saturated carbocycles. The van der Waals surface area contributed by atoms with Crippen molar-refractivity contribution < 1.29 is 161 Å². The Bertz CT molecular complexity index is 4590. The summed E-state index contributed by atoms with van der Waals surface area (Å²) in [5.74, 6) is -36.0. The molecule has 145 heavy (non-hydrogen) atoms. The number of ketones is 3. The third-order valence-electron chi connectivity index (χ3n) is 25.1. The van der Waals surface area contributed by atoms with Crippen molar-refractivity contribution in [3.63, 3.8) is 0 Å². The fourth-order valence-corrected chi connectivity index (χ4v) is 16.5. The number of carboxylic acid groups (broad SMARTS) is 7. The number of nitrogens with zero attached hydrogens (tertiary/aromatic N) is 7. The average molecular weight is 2060 g/mol. The Balaban J connectivity index is 4.37. The van der Waals surface area contributed by atoms with Crippen LogP contribution in [-0.2, 0) is 120 Å². The number of carbonyl (C=O) groups excluding carboxylic acids is 18. The van der Waals surface area contributed by atoms with E-state index in [0.29, 0.717) is 0 Å². The number of aliphatic hydroxyl groups is 1. The molecule has 16 N–H and O–H groups in total. The third kappa shape index (κ3) is 44.3. The number of carbonyl (C=O) groups is 25. The maximum Gasteiger partial charge on any atom is 0.303 e. The van der Waals surface area contributed by atoms with Crippen LogP contribution in [0.1, 0.15) is 252 Å². The van der Waals surface area contributed by atoms with Crippen molar-refractivity contribution >= 4 is 148 Å². The number of nitrogens with one attached hydrogen (secondary N) is 8. The number of rotatable bonds is 51. The second-order valence-electron chi connectivity index (χ2n) is 39.9. The molecule has 1 rings (SSSR count). The van der Waals surface area contributed by atoms with E-state index in [0.717, 1.165) is 53.5 Å². The second kappa shape index (κ2) is 62.7. The first-order chi connectivity index (χ1) is 67.1. The van der Waals surface area contributed by atoms with Crippen LogP contribution < -0.4 is 42.5 Å². The minimum absolute atomic E-state index is 0.00937. The first-order valence-corrected chi connectivity index (χ1v) is 48.9. The van der Waals surface area contributed by atoms with Crippen LogP contribution in [0.15, 0.2) is 12.2 Å². The van der Waals surface area contributed by atoms with E-state index in [4.69, 9.17) is 0 Å². The topological polar surface area (TPSA) is 708 Å². The molecule has 48 heteroatoms. The maximum atomic E-state index is 15.7. The predicted molar refractivity (Wildman–Crippen MR) is 520 cm³/mol. The van der Waals surface area contributed by atoms with E-state index >= 15 is 19.2 Å². The first kappa shape index (κ1) is 130. The van der Waals surface area contributed by atoms with E-state index in [1.165, 1.54) is 70.0 Å². The van der Waals surface area contributed by atoms with Gasteiger partial charge in [-0.2, -0.15) is 0 Å². The van der Waals surface area contributed by atoms with Crippen molar-refractivity contribution in [2.75, 3.05) is 55.9 Å². The summed E-state index contributed by atoms with van der Waals surface area (Å²) in [7, 11) is 8.96. The van der Waals surface area contributed by atoms with E-state index in [9.17, 15) is 142 Å². The zero-order valence-corrected chi connectivity index (χ0v) is 87.7. The number of likely N-dealkylation sites (N-methyl/N-ethyl adjacent to an activating group) is 7. The van der Waals surface area contributed by atoms with Gasteiger partial charge in [0.2, 0.25) is 88.6 Å². The number of hydrogen-bond acceptors (Lipinski definition) is 26. The highest BCUT2D eigenvalue weighted by Crippen LogP contribution is 2.29. The minimum atomic E-state index is -2.07. The molecule has 15 amide bonds. The molecule has 1 fully saturated rings. The molecule has 48 nitrogen and oxygen atoms in total. The van der Waals surface area contributed by atoms with Gasteiger partial charge < -0.3 is 118 Å². The molecule has 0 aromatic rings. The van der Waals surface area contributed by atoms with Crippen molar-refractivity contribution in [3.8, 4) is 0 Å². The summed E-state index contributed by atoms with van der Waals surface area (Å²) >= 11 is 0. The molecule has 1 aliphatic heterocycles. The Morgan fingerprint density at radius 1 is 0.359 bits per heavy atom. The normalized spacial score (nSPS) is 21.6. The molecule has 0 radical (unpaired) electrons. The fraction of sp³-hybridized carbons (Fsp3) is 0.722. The van der Waals surface area contributed by atoms with E-state index in [1.54, 1.807) is 83.1 Å².